The van der Waals surface area contributed by atoms with Gasteiger partial charge in [0.2, 0.25) is 0 Å². The van der Waals surface area contributed by atoms with Gasteiger partial charge in [-0.3, -0.25) is 0 Å². The van der Waals surface area contributed by atoms with Gasteiger partial charge in [0.15, 0.2) is 0 Å². The van der Waals surface area contributed by atoms with E-state index < -0.39 is 0 Å². The van der Waals surface area contributed by atoms with Crippen molar-refractivity contribution >= 4 is 19.2 Å². The van der Waals surface area contributed by atoms with Gasteiger partial charge in [0.1, 0.15) is 11.5 Å². The zero-order valence-electron chi connectivity index (χ0n) is 16.6. The Morgan fingerprint density at radius 2 is 0.897 bits per heavy atom. The third kappa shape index (κ3) is 4.04. The number of methoxy groups -OCH3 is 2. The first kappa shape index (κ1) is 19.2. The fraction of sp³-hybridized carbons (Fsp3) is 0.0769. The van der Waals surface area contributed by atoms with Gasteiger partial charge in [0, 0.05) is 21.7 Å². The van der Waals surface area contributed by atoms with Crippen molar-refractivity contribution in [3.63, 3.8) is 0 Å². The van der Waals surface area contributed by atoms with Crippen LogP contribution in [0.25, 0.3) is 22.3 Å². The Balaban J connectivity index is 1.77. The number of benzene rings is 4. The second kappa shape index (κ2) is 8.94. The van der Waals surface area contributed by atoms with Gasteiger partial charge in [-0.2, -0.15) is 0 Å². The van der Waals surface area contributed by atoms with Crippen LogP contribution in [0.2, 0.25) is 0 Å². The highest BCUT2D eigenvalue weighted by Gasteiger charge is 2.15. The maximum Gasteiger partial charge on any atom is 0.134 e. The molecule has 0 unspecified atom stereocenters. The van der Waals surface area contributed by atoms with Crippen LogP contribution >= 0.6 is 8.58 Å². The van der Waals surface area contributed by atoms with Crippen LogP contribution < -0.4 is 20.1 Å². The molecule has 4 aromatic carbocycles. The molecule has 0 saturated carbocycles. The summed E-state index contributed by atoms with van der Waals surface area (Å²) in [6.45, 7) is 0. The lowest BCUT2D eigenvalue weighted by molar-refractivity contribution is 0.419. The fourth-order valence-electron chi connectivity index (χ4n) is 3.55. The van der Waals surface area contributed by atoms with Crippen molar-refractivity contribution in [1.29, 1.82) is 0 Å². The summed E-state index contributed by atoms with van der Waals surface area (Å²) < 4.78 is 11.7. The highest BCUT2D eigenvalue weighted by Crippen LogP contribution is 2.35. The number of hydrogen-bond acceptors (Lipinski definition) is 2. The molecule has 0 atom stereocenters. The molecule has 0 aromatic heterocycles. The van der Waals surface area contributed by atoms with E-state index in [0.717, 1.165) is 44.4 Å². The molecule has 0 saturated heterocycles. The second-order valence-corrected chi connectivity index (χ2v) is 7.96. The normalized spacial score (nSPS) is 10.6. The topological polar surface area (TPSA) is 18.5 Å². The molecular formula is C26H23O2P. The molecule has 0 heterocycles. The van der Waals surface area contributed by atoms with Crippen molar-refractivity contribution in [1.82, 2.24) is 0 Å². The Morgan fingerprint density at radius 1 is 0.483 bits per heavy atom. The zero-order valence-corrected chi connectivity index (χ0v) is 17.6. The number of hydrogen-bond donors (Lipinski definition) is 0. The minimum Gasteiger partial charge on any atom is -0.495 e. The van der Waals surface area contributed by atoms with Gasteiger partial charge < -0.3 is 9.47 Å². The Hall–Kier alpha value is -3.09. The van der Waals surface area contributed by atoms with E-state index in [1.807, 2.05) is 12.1 Å². The third-order valence-electron chi connectivity index (χ3n) is 4.88. The summed E-state index contributed by atoms with van der Waals surface area (Å²) in [6, 6.07) is 33.4. The lowest BCUT2D eigenvalue weighted by Crippen LogP contribution is -2.11. The molecule has 0 aliphatic heterocycles. The standard InChI is InChI=1S/C26H23O2P/c1-27-25-21(19-11-5-3-6-12-19)15-9-17-23(25)29-24-18-10-16-22(26(24)28-2)20-13-7-4-8-14-20/h3-18,29H,1-2H3. The van der Waals surface area contributed by atoms with E-state index in [2.05, 4.69) is 84.9 Å². The molecule has 0 bridgehead atoms. The third-order valence-corrected chi connectivity index (χ3v) is 6.20. The highest BCUT2D eigenvalue weighted by molar-refractivity contribution is 7.56. The first-order valence-electron chi connectivity index (χ1n) is 9.53. The predicted octanol–water partition coefficient (Wildman–Crippen LogP) is 5.67. The minimum atomic E-state index is 0.421. The maximum atomic E-state index is 5.86. The Bertz CT molecular complexity index is 1000. The van der Waals surface area contributed by atoms with E-state index in [0.29, 0.717) is 8.58 Å². The van der Waals surface area contributed by atoms with Gasteiger partial charge in [-0.25, -0.2) is 0 Å². The number of para-hydroxylation sites is 2. The molecule has 4 aromatic rings. The number of rotatable bonds is 6. The molecule has 0 aliphatic carbocycles. The first-order valence-corrected chi connectivity index (χ1v) is 10.5. The largest absolute Gasteiger partial charge is 0.495 e. The van der Waals surface area contributed by atoms with E-state index in [-0.39, 0.29) is 0 Å². The van der Waals surface area contributed by atoms with Crippen molar-refractivity contribution < 1.29 is 9.47 Å². The summed E-state index contributed by atoms with van der Waals surface area (Å²) in [5, 5.41) is 2.33. The average molecular weight is 398 g/mol. The lowest BCUT2D eigenvalue weighted by Gasteiger charge is -2.17. The molecule has 0 spiro atoms. The molecule has 2 nitrogen and oxygen atoms in total. The molecule has 3 heteroatoms. The summed E-state index contributed by atoms with van der Waals surface area (Å²) in [6.07, 6.45) is 0. The smallest absolute Gasteiger partial charge is 0.134 e. The van der Waals surface area contributed by atoms with Crippen LogP contribution in [-0.2, 0) is 0 Å². The Morgan fingerprint density at radius 3 is 1.28 bits per heavy atom. The molecule has 0 amide bonds. The molecule has 0 fully saturated rings. The maximum absolute atomic E-state index is 5.86. The van der Waals surface area contributed by atoms with Crippen LogP contribution in [-0.4, -0.2) is 14.2 Å². The molecule has 0 N–H and O–H groups in total. The van der Waals surface area contributed by atoms with Gasteiger partial charge in [-0.15, -0.1) is 0 Å². The first-order chi connectivity index (χ1) is 14.3. The summed E-state index contributed by atoms with van der Waals surface area (Å²) >= 11 is 0. The monoisotopic (exact) mass is 398 g/mol. The average Bonchev–Trinajstić information content (AvgIpc) is 2.80. The SMILES string of the molecule is COc1c(Pc2cccc(-c3ccccc3)c2OC)cccc1-c1ccccc1. The summed E-state index contributed by atoms with van der Waals surface area (Å²) in [5.41, 5.74) is 4.52. The van der Waals surface area contributed by atoms with E-state index >= 15 is 0 Å². The van der Waals surface area contributed by atoms with Crippen LogP contribution in [0.15, 0.2) is 97.1 Å². The van der Waals surface area contributed by atoms with Crippen molar-refractivity contribution in [3.8, 4) is 33.8 Å². The second-order valence-electron chi connectivity index (χ2n) is 6.63. The predicted molar refractivity (Wildman–Crippen MR) is 124 cm³/mol. The van der Waals surface area contributed by atoms with Crippen LogP contribution in [0.5, 0.6) is 11.5 Å². The lowest BCUT2D eigenvalue weighted by atomic mass is 10.0. The summed E-state index contributed by atoms with van der Waals surface area (Å²) in [4.78, 5) is 0. The zero-order chi connectivity index (χ0) is 20.1. The molecule has 0 radical (unpaired) electrons. The van der Waals surface area contributed by atoms with Gasteiger partial charge in [-0.05, 0) is 11.1 Å². The van der Waals surface area contributed by atoms with Crippen LogP contribution in [0, 0.1) is 0 Å². The van der Waals surface area contributed by atoms with Crippen molar-refractivity contribution in [2.24, 2.45) is 0 Å². The minimum absolute atomic E-state index is 0.421. The van der Waals surface area contributed by atoms with Gasteiger partial charge >= 0.3 is 0 Å². The summed E-state index contributed by atoms with van der Waals surface area (Å²) in [7, 11) is 3.91. The van der Waals surface area contributed by atoms with E-state index in [9.17, 15) is 0 Å². The molecule has 4 rings (SSSR count). The van der Waals surface area contributed by atoms with E-state index in [4.69, 9.17) is 9.47 Å². The Kier molecular flexibility index (Phi) is 5.93. The van der Waals surface area contributed by atoms with Gasteiger partial charge in [0.25, 0.3) is 0 Å². The summed E-state index contributed by atoms with van der Waals surface area (Å²) in [5.74, 6) is 1.84. The van der Waals surface area contributed by atoms with Crippen molar-refractivity contribution in [2.75, 3.05) is 14.2 Å². The van der Waals surface area contributed by atoms with E-state index in [1.165, 1.54) is 0 Å². The quantitative estimate of drug-likeness (QED) is 0.390. The Labute approximate surface area is 173 Å². The fourth-order valence-corrected chi connectivity index (χ4v) is 4.90. The molecule has 144 valence electrons. The van der Waals surface area contributed by atoms with Crippen LogP contribution in [0.1, 0.15) is 0 Å². The molecule has 0 aliphatic rings. The van der Waals surface area contributed by atoms with Crippen LogP contribution in [0.3, 0.4) is 0 Å². The van der Waals surface area contributed by atoms with E-state index in [1.54, 1.807) is 14.2 Å². The highest BCUT2D eigenvalue weighted by atomic mass is 31.1. The van der Waals surface area contributed by atoms with Crippen molar-refractivity contribution in [3.05, 3.63) is 97.1 Å². The molecular weight excluding hydrogens is 375 g/mol. The van der Waals surface area contributed by atoms with Crippen LogP contribution in [0.4, 0.5) is 0 Å². The number of ether oxygens (including phenoxy) is 2. The van der Waals surface area contributed by atoms with Gasteiger partial charge in [0.05, 0.1) is 14.2 Å². The van der Waals surface area contributed by atoms with Crippen molar-refractivity contribution in [2.45, 2.75) is 0 Å². The van der Waals surface area contributed by atoms with Gasteiger partial charge in [-0.1, -0.05) is 106 Å². The molecule has 29 heavy (non-hydrogen) atoms.